The smallest absolute Gasteiger partial charge is 0.257 e. The van der Waals surface area contributed by atoms with E-state index in [0.717, 1.165) is 10.2 Å². The van der Waals surface area contributed by atoms with Crippen LogP contribution in [0.1, 0.15) is 31.1 Å². The quantitative estimate of drug-likeness (QED) is 0.726. The van der Waals surface area contributed by atoms with Crippen molar-refractivity contribution in [2.75, 3.05) is 10.6 Å². The van der Waals surface area contributed by atoms with Gasteiger partial charge in [0.25, 0.3) is 5.91 Å². The second-order valence-corrected chi connectivity index (χ2v) is 7.76. The molecule has 3 rings (SSSR count). The number of hydrogen-bond acceptors (Lipinski definition) is 4. The average molecular weight is 353 g/mol. The highest BCUT2D eigenvalue weighted by molar-refractivity contribution is 7.22. The van der Waals surface area contributed by atoms with Gasteiger partial charge in [-0.1, -0.05) is 50.3 Å². The molecule has 0 radical (unpaired) electrons. The molecular formula is C19H19N3O2S. The second kappa shape index (κ2) is 6.64. The van der Waals surface area contributed by atoms with Crippen molar-refractivity contribution in [3.63, 3.8) is 0 Å². The van der Waals surface area contributed by atoms with E-state index in [2.05, 4.69) is 15.6 Å². The number of amides is 2. The van der Waals surface area contributed by atoms with E-state index in [-0.39, 0.29) is 11.8 Å². The maximum absolute atomic E-state index is 12.5. The summed E-state index contributed by atoms with van der Waals surface area (Å²) in [4.78, 5) is 29.0. The Balaban J connectivity index is 1.76. The number of carbonyl (C=O) groups excluding carboxylic acids is 2. The molecule has 25 heavy (non-hydrogen) atoms. The fourth-order valence-electron chi connectivity index (χ4n) is 2.15. The van der Waals surface area contributed by atoms with E-state index in [9.17, 15) is 9.59 Å². The Morgan fingerprint density at radius 2 is 1.76 bits per heavy atom. The standard InChI is InChI=1S/C19H19N3O2S/c1-19(2,3)17(24)20-13-8-6-7-12(11-13)16(23)22-18-21-14-9-4-5-10-15(14)25-18/h4-11H,1-3H3,(H,20,24)(H,21,22,23). The van der Waals surface area contributed by atoms with Gasteiger partial charge in [0.05, 0.1) is 10.2 Å². The van der Waals surface area contributed by atoms with Crippen LogP contribution in [0.3, 0.4) is 0 Å². The van der Waals surface area contributed by atoms with Gasteiger partial charge in [-0.3, -0.25) is 14.9 Å². The highest BCUT2D eigenvalue weighted by atomic mass is 32.1. The fourth-order valence-corrected chi connectivity index (χ4v) is 3.01. The number of nitrogens with one attached hydrogen (secondary N) is 2. The minimum Gasteiger partial charge on any atom is -0.326 e. The van der Waals surface area contributed by atoms with Crippen molar-refractivity contribution in [2.45, 2.75) is 20.8 Å². The van der Waals surface area contributed by atoms with Crippen LogP contribution >= 0.6 is 11.3 Å². The zero-order valence-electron chi connectivity index (χ0n) is 14.3. The molecular weight excluding hydrogens is 334 g/mol. The van der Waals surface area contributed by atoms with Crippen LogP contribution < -0.4 is 10.6 Å². The van der Waals surface area contributed by atoms with Crippen LogP contribution in [-0.4, -0.2) is 16.8 Å². The Hall–Kier alpha value is -2.73. The number of fused-ring (bicyclic) bond motifs is 1. The molecule has 0 saturated carbocycles. The predicted octanol–water partition coefficient (Wildman–Crippen LogP) is 4.53. The van der Waals surface area contributed by atoms with Crippen molar-refractivity contribution in [3.05, 3.63) is 54.1 Å². The molecule has 2 N–H and O–H groups in total. The minimum atomic E-state index is -0.501. The summed E-state index contributed by atoms with van der Waals surface area (Å²) in [5.41, 5.74) is 1.41. The molecule has 0 unspecified atom stereocenters. The van der Waals surface area contributed by atoms with Gasteiger partial charge in [-0.2, -0.15) is 0 Å². The van der Waals surface area contributed by atoms with Crippen LogP contribution in [0.5, 0.6) is 0 Å². The monoisotopic (exact) mass is 353 g/mol. The van der Waals surface area contributed by atoms with Crippen LogP contribution in [0, 0.1) is 5.41 Å². The van der Waals surface area contributed by atoms with Crippen molar-refractivity contribution in [1.29, 1.82) is 0 Å². The maximum atomic E-state index is 12.5. The molecule has 2 aromatic carbocycles. The predicted molar refractivity (Wildman–Crippen MR) is 102 cm³/mol. The van der Waals surface area contributed by atoms with Crippen molar-refractivity contribution in [3.8, 4) is 0 Å². The molecule has 1 aromatic heterocycles. The van der Waals surface area contributed by atoms with Crippen LogP contribution in [0.25, 0.3) is 10.2 Å². The summed E-state index contributed by atoms with van der Waals surface area (Å²) in [6, 6.07) is 14.6. The lowest BCUT2D eigenvalue weighted by atomic mass is 9.95. The second-order valence-electron chi connectivity index (χ2n) is 6.73. The third-order valence-corrected chi connectivity index (χ3v) is 4.53. The van der Waals surface area contributed by atoms with Gasteiger partial charge in [-0.25, -0.2) is 4.98 Å². The normalized spacial score (nSPS) is 11.3. The number of nitrogens with zero attached hydrogens (tertiary/aromatic N) is 1. The van der Waals surface area contributed by atoms with E-state index >= 15 is 0 Å². The molecule has 0 aliphatic carbocycles. The summed E-state index contributed by atoms with van der Waals surface area (Å²) in [6.45, 7) is 5.52. The van der Waals surface area contributed by atoms with E-state index in [0.29, 0.717) is 16.4 Å². The third kappa shape index (κ3) is 4.03. The lowest BCUT2D eigenvalue weighted by molar-refractivity contribution is -0.123. The van der Waals surface area contributed by atoms with E-state index < -0.39 is 5.41 Å². The SMILES string of the molecule is CC(C)(C)C(=O)Nc1cccc(C(=O)Nc2nc3ccccc3s2)c1. The molecule has 0 fully saturated rings. The molecule has 2 amide bonds. The van der Waals surface area contributed by atoms with Crippen LogP contribution in [0.4, 0.5) is 10.8 Å². The first-order valence-electron chi connectivity index (χ1n) is 7.91. The molecule has 6 heteroatoms. The molecule has 0 spiro atoms. The summed E-state index contributed by atoms with van der Waals surface area (Å²) < 4.78 is 1.02. The van der Waals surface area contributed by atoms with Gasteiger partial charge in [0, 0.05) is 16.7 Å². The highest BCUT2D eigenvalue weighted by Gasteiger charge is 2.21. The number of thiazole rings is 1. The molecule has 0 atom stereocenters. The molecule has 3 aromatic rings. The molecule has 0 aliphatic heterocycles. The van der Waals surface area contributed by atoms with E-state index in [1.165, 1.54) is 11.3 Å². The third-order valence-electron chi connectivity index (χ3n) is 3.58. The average Bonchev–Trinajstić information content (AvgIpc) is 2.96. The summed E-state index contributed by atoms with van der Waals surface area (Å²) in [6.07, 6.45) is 0. The minimum absolute atomic E-state index is 0.101. The molecule has 0 bridgehead atoms. The molecule has 1 heterocycles. The Morgan fingerprint density at radius 3 is 2.48 bits per heavy atom. The summed E-state index contributed by atoms with van der Waals surface area (Å²) >= 11 is 1.43. The topological polar surface area (TPSA) is 71.1 Å². The van der Waals surface area contributed by atoms with Gasteiger partial charge < -0.3 is 5.32 Å². The Bertz CT molecular complexity index is 908. The van der Waals surface area contributed by atoms with E-state index in [1.54, 1.807) is 24.3 Å². The molecule has 128 valence electrons. The fraction of sp³-hybridized carbons (Fsp3) is 0.211. The van der Waals surface area contributed by atoms with Gasteiger partial charge in [-0.05, 0) is 30.3 Å². The van der Waals surface area contributed by atoms with Gasteiger partial charge in [-0.15, -0.1) is 0 Å². The van der Waals surface area contributed by atoms with Crippen LogP contribution in [-0.2, 0) is 4.79 Å². The number of para-hydroxylation sites is 1. The Labute approximate surface area is 150 Å². The largest absolute Gasteiger partial charge is 0.326 e. The number of anilines is 2. The number of rotatable bonds is 3. The van der Waals surface area contributed by atoms with E-state index in [1.807, 2.05) is 45.0 Å². The zero-order valence-corrected chi connectivity index (χ0v) is 15.1. The Kier molecular flexibility index (Phi) is 4.55. The summed E-state index contributed by atoms with van der Waals surface area (Å²) in [7, 11) is 0. The Morgan fingerprint density at radius 1 is 1.00 bits per heavy atom. The first-order chi connectivity index (χ1) is 11.8. The molecule has 0 aliphatic rings. The van der Waals surface area contributed by atoms with Crippen molar-refractivity contribution in [1.82, 2.24) is 4.98 Å². The van der Waals surface area contributed by atoms with Crippen LogP contribution in [0.15, 0.2) is 48.5 Å². The number of benzene rings is 2. The molecule has 0 saturated heterocycles. The summed E-state index contributed by atoms with van der Waals surface area (Å²) in [5, 5.41) is 6.20. The number of hydrogen-bond donors (Lipinski definition) is 2. The van der Waals surface area contributed by atoms with Gasteiger partial charge >= 0.3 is 0 Å². The van der Waals surface area contributed by atoms with Crippen molar-refractivity contribution in [2.24, 2.45) is 5.41 Å². The van der Waals surface area contributed by atoms with E-state index in [4.69, 9.17) is 0 Å². The highest BCUT2D eigenvalue weighted by Crippen LogP contribution is 2.26. The lowest BCUT2D eigenvalue weighted by Gasteiger charge is -2.17. The van der Waals surface area contributed by atoms with Crippen LogP contribution in [0.2, 0.25) is 0 Å². The van der Waals surface area contributed by atoms with Crippen molar-refractivity contribution < 1.29 is 9.59 Å². The molecule has 5 nitrogen and oxygen atoms in total. The van der Waals surface area contributed by atoms with Crippen molar-refractivity contribution >= 4 is 44.2 Å². The first-order valence-corrected chi connectivity index (χ1v) is 8.73. The maximum Gasteiger partial charge on any atom is 0.257 e. The van der Waals surface area contributed by atoms with Gasteiger partial charge in [0.1, 0.15) is 0 Å². The zero-order chi connectivity index (χ0) is 18.0. The first kappa shape index (κ1) is 17.1. The summed E-state index contributed by atoms with van der Waals surface area (Å²) in [5.74, 6) is -0.359. The number of aromatic nitrogens is 1. The van der Waals surface area contributed by atoms with Gasteiger partial charge in [0.2, 0.25) is 5.91 Å². The number of carbonyl (C=O) groups is 2. The lowest BCUT2D eigenvalue weighted by Crippen LogP contribution is -2.27. The van der Waals surface area contributed by atoms with Gasteiger partial charge in [0.15, 0.2) is 5.13 Å².